The Morgan fingerprint density at radius 1 is 1.28 bits per heavy atom. The van der Waals surface area contributed by atoms with Crippen molar-refractivity contribution in [2.75, 3.05) is 6.54 Å². The SMILES string of the molecule is CC(C)(C)OC(=O)NCCCc1ccc(Br)cc1. The molecule has 1 aromatic carbocycles. The van der Waals surface area contributed by atoms with Crippen LogP contribution in [0, 0.1) is 0 Å². The fraction of sp³-hybridized carbons (Fsp3) is 0.500. The second-order valence-electron chi connectivity index (χ2n) is 5.16. The first kappa shape index (κ1) is 15.0. The molecule has 0 unspecified atom stereocenters. The van der Waals surface area contributed by atoms with Crippen LogP contribution in [0.5, 0.6) is 0 Å². The molecule has 1 amide bonds. The number of amides is 1. The summed E-state index contributed by atoms with van der Waals surface area (Å²) in [5, 5.41) is 2.75. The first-order valence-electron chi connectivity index (χ1n) is 6.08. The first-order chi connectivity index (χ1) is 8.37. The topological polar surface area (TPSA) is 38.3 Å². The summed E-state index contributed by atoms with van der Waals surface area (Å²) in [4.78, 5) is 11.4. The number of nitrogens with one attached hydrogen (secondary N) is 1. The van der Waals surface area contributed by atoms with Gasteiger partial charge in [-0.2, -0.15) is 0 Å². The number of carbonyl (C=O) groups is 1. The van der Waals surface area contributed by atoms with Crippen LogP contribution in [0.15, 0.2) is 28.7 Å². The first-order valence-corrected chi connectivity index (χ1v) is 6.87. The molecule has 0 aromatic heterocycles. The van der Waals surface area contributed by atoms with E-state index in [-0.39, 0.29) is 6.09 Å². The fourth-order valence-corrected chi connectivity index (χ4v) is 1.71. The molecule has 4 heteroatoms. The maximum absolute atomic E-state index is 11.4. The molecule has 0 aliphatic heterocycles. The minimum Gasteiger partial charge on any atom is -0.444 e. The highest BCUT2D eigenvalue weighted by atomic mass is 79.9. The van der Waals surface area contributed by atoms with E-state index in [1.54, 1.807) is 0 Å². The van der Waals surface area contributed by atoms with Gasteiger partial charge in [0.1, 0.15) is 5.60 Å². The molecule has 0 aliphatic carbocycles. The van der Waals surface area contributed by atoms with Gasteiger partial charge in [0.15, 0.2) is 0 Å². The summed E-state index contributed by atoms with van der Waals surface area (Å²) in [6.07, 6.45) is 1.50. The number of hydrogen-bond donors (Lipinski definition) is 1. The number of aryl methyl sites for hydroxylation is 1. The van der Waals surface area contributed by atoms with Crippen molar-refractivity contribution in [1.82, 2.24) is 5.32 Å². The lowest BCUT2D eigenvalue weighted by atomic mass is 10.1. The molecule has 3 nitrogen and oxygen atoms in total. The molecular formula is C14H20BrNO2. The highest BCUT2D eigenvalue weighted by Gasteiger charge is 2.15. The molecule has 1 N–H and O–H groups in total. The van der Waals surface area contributed by atoms with E-state index in [9.17, 15) is 4.79 Å². The summed E-state index contributed by atoms with van der Waals surface area (Å²) >= 11 is 3.40. The van der Waals surface area contributed by atoms with Crippen LogP contribution in [0.25, 0.3) is 0 Å². The van der Waals surface area contributed by atoms with Gasteiger partial charge in [-0.1, -0.05) is 28.1 Å². The van der Waals surface area contributed by atoms with E-state index in [0.29, 0.717) is 6.54 Å². The lowest BCUT2D eigenvalue weighted by Crippen LogP contribution is -2.33. The molecule has 0 atom stereocenters. The van der Waals surface area contributed by atoms with Crippen LogP contribution >= 0.6 is 15.9 Å². The van der Waals surface area contributed by atoms with Gasteiger partial charge in [0.05, 0.1) is 0 Å². The van der Waals surface area contributed by atoms with Gasteiger partial charge in [-0.25, -0.2) is 4.79 Å². The number of benzene rings is 1. The van der Waals surface area contributed by atoms with Crippen molar-refractivity contribution in [1.29, 1.82) is 0 Å². The number of rotatable bonds is 4. The minimum absolute atomic E-state index is 0.349. The second kappa shape index (κ2) is 6.78. The van der Waals surface area contributed by atoms with Crippen LogP contribution in [-0.2, 0) is 11.2 Å². The predicted octanol–water partition coefficient (Wildman–Crippen LogP) is 3.91. The average Bonchev–Trinajstić information content (AvgIpc) is 2.24. The summed E-state index contributed by atoms with van der Waals surface area (Å²) in [6.45, 7) is 6.20. The number of hydrogen-bond acceptors (Lipinski definition) is 2. The zero-order chi connectivity index (χ0) is 13.6. The fourth-order valence-electron chi connectivity index (χ4n) is 1.45. The maximum atomic E-state index is 11.4. The quantitative estimate of drug-likeness (QED) is 0.856. The molecule has 1 aromatic rings. The van der Waals surface area contributed by atoms with Gasteiger partial charge in [0.2, 0.25) is 0 Å². The Hall–Kier alpha value is -1.03. The lowest BCUT2D eigenvalue weighted by Gasteiger charge is -2.19. The molecule has 0 saturated heterocycles. The summed E-state index contributed by atoms with van der Waals surface area (Å²) in [7, 11) is 0. The zero-order valence-corrected chi connectivity index (χ0v) is 12.7. The Bertz CT molecular complexity index is 382. The molecule has 100 valence electrons. The summed E-state index contributed by atoms with van der Waals surface area (Å²) in [5.41, 5.74) is 0.833. The molecule has 0 bridgehead atoms. The van der Waals surface area contributed by atoms with Crippen LogP contribution in [0.4, 0.5) is 4.79 Å². The predicted molar refractivity (Wildman–Crippen MR) is 76.7 cm³/mol. The van der Waals surface area contributed by atoms with Crippen molar-refractivity contribution < 1.29 is 9.53 Å². The van der Waals surface area contributed by atoms with E-state index in [1.807, 2.05) is 32.9 Å². The van der Waals surface area contributed by atoms with E-state index in [2.05, 4.69) is 33.4 Å². The monoisotopic (exact) mass is 313 g/mol. The molecule has 18 heavy (non-hydrogen) atoms. The number of halogens is 1. The van der Waals surface area contributed by atoms with Gasteiger partial charge in [-0.3, -0.25) is 0 Å². The molecule has 0 saturated carbocycles. The zero-order valence-electron chi connectivity index (χ0n) is 11.1. The van der Waals surface area contributed by atoms with Crippen molar-refractivity contribution in [3.63, 3.8) is 0 Å². The van der Waals surface area contributed by atoms with Crippen LogP contribution < -0.4 is 5.32 Å². The summed E-state index contributed by atoms with van der Waals surface area (Å²) < 4.78 is 6.23. The van der Waals surface area contributed by atoms with Crippen LogP contribution in [0.1, 0.15) is 32.8 Å². The van der Waals surface area contributed by atoms with E-state index in [0.717, 1.165) is 17.3 Å². The molecule has 0 radical (unpaired) electrons. The van der Waals surface area contributed by atoms with Gasteiger partial charge in [0.25, 0.3) is 0 Å². The summed E-state index contributed by atoms with van der Waals surface area (Å²) in [5.74, 6) is 0. The normalized spacial score (nSPS) is 11.1. The smallest absolute Gasteiger partial charge is 0.407 e. The summed E-state index contributed by atoms with van der Waals surface area (Å²) in [6, 6.07) is 8.21. The Kier molecular flexibility index (Phi) is 5.66. The third-order valence-electron chi connectivity index (χ3n) is 2.22. The Morgan fingerprint density at radius 3 is 2.44 bits per heavy atom. The van der Waals surface area contributed by atoms with E-state index < -0.39 is 5.60 Å². The van der Waals surface area contributed by atoms with Gasteiger partial charge in [0, 0.05) is 11.0 Å². The highest BCUT2D eigenvalue weighted by molar-refractivity contribution is 9.10. The third-order valence-corrected chi connectivity index (χ3v) is 2.75. The lowest BCUT2D eigenvalue weighted by molar-refractivity contribution is 0.0527. The van der Waals surface area contributed by atoms with Crippen molar-refractivity contribution in [2.45, 2.75) is 39.2 Å². The Balaban J connectivity index is 2.19. The van der Waals surface area contributed by atoms with Crippen molar-refractivity contribution >= 4 is 22.0 Å². The van der Waals surface area contributed by atoms with Crippen LogP contribution in [0.2, 0.25) is 0 Å². The average molecular weight is 314 g/mol. The van der Waals surface area contributed by atoms with E-state index in [1.165, 1.54) is 5.56 Å². The van der Waals surface area contributed by atoms with Crippen molar-refractivity contribution in [3.05, 3.63) is 34.3 Å². The Morgan fingerprint density at radius 2 is 1.89 bits per heavy atom. The van der Waals surface area contributed by atoms with Crippen molar-refractivity contribution in [2.24, 2.45) is 0 Å². The Labute approximate surface area is 117 Å². The second-order valence-corrected chi connectivity index (χ2v) is 6.07. The largest absolute Gasteiger partial charge is 0.444 e. The molecule has 0 aliphatic rings. The van der Waals surface area contributed by atoms with Crippen LogP contribution in [0.3, 0.4) is 0 Å². The van der Waals surface area contributed by atoms with Gasteiger partial charge in [-0.15, -0.1) is 0 Å². The minimum atomic E-state index is -0.435. The molecule has 1 rings (SSSR count). The highest BCUT2D eigenvalue weighted by Crippen LogP contribution is 2.11. The van der Waals surface area contributed by atoms with Gasteiger partial charge in [-0.05, 0) is 51.3 Å². The van der Waals surface area contributed by atoms with E-state index in [4.69, 9.17) is 4.74 Å². The molecule has 0 spiro atoms. The molecular weight excluding hydrogens is 294 g/mol. The van der Waals surface area contributed by atoms with Crippen LogP contribution in [-0.4, -0.2) is 18.2 Å². The maximum Gasteiger partial charge on any atom is 0.407 e. The number of alkyl carbamates (subject to hydrolysis) is 1. The number of ether oxygens (including phenoxy) is 1. The third kappa shape index (κ3) is 6.64. The van der Waals surface area contributed by atoms with E-state index >= 15 is 0 Å². The molecule has 0 heterocycles. The van der Waals surface area contributed by atoms with Gasteiger partial charge >= 0.3 is 6.09 Å². The van der Waals surface area contributed by atoms with Crippen molar-refractivity contribution in [3.8, 4) is 0 Å². The van der Waals surface area contributed by atoms with Gasteiger partial charge < -0.3 is 10.1 Å². The molecule has 0 fully saturated rings. The number of carbonyl (C=O) groups excluding carboxylic acids is 1. The standard InChI is InChI=1S/C14H20BrNO2/c1-14(2,3)18-13(17)16-10-4-5-11-6-8-12(15)9-7-11/h6-9H,4-5,10H2,1-3H3,(H,16,17).